The van der Waals surface area contributed by atoms with E-state index < -0.39 is 17.6 Å². The summed E-state index contributed by atoms with van der Waals surface area (Å²) in [6.45, 7) is 6.96. The zero-order valence-corrected chi connectivity index (χ0v) is 20.5. The molecule has 4 rings (SSSR count). The van der Waals surface area contributed by atoms with Gasteiger partial charge in [0.2, 0.25) is 0 Å². The van der Waals surface area contributed by atoms with Crippen LogP contribution in [0.3, 0.4) is 0 Å². The minimum Gasteiger partial charge on any atom is -0.478 e. The number of rotatable bonds is 5. The van der Waals surface area contributed by atoms with Crippen molar-refractivity contribution in [1.82, 2.24) is 14.4 Å². The van der Waals surface area contributed by atoms with Gasteiger partial charge in [-0.3, -0.25) is 19.3 Å². The average molecular weight is 498 g/mol. The van der Waals surface area contributed by atoms with Crippen LogP contribution in [-0.4, -0.2) is 55.7 Å². The number of β-amino-alcohol motifs (C(OH)–C–C–N with tert-alkyl or cyclic N) is 1. The van der Waals surface area contributed by atoms with Crippen molar-refractivity contribution in [1.29, 1.82) is 0 Å². The first-order valence-electron chi connectivity index (χ1n) is 11.2. The van der Waals surface area contributed by atoms with Crippen LogP contribution in [0.15, 0.2) is 34.6 Å². The van der Waals surface area contributed by atoms with Crippen molar-refractivity contribution < 1.29 is 19.8 Å². The van der Waals surface area contributed by atoms with Crippen LogP contribution in [-0.2, 0) is 10.2 Å². The number of anilines is 2. The predicted octanol–water partition coefficient (Wildman–Crippen LogP) is 2.76. The molecule has 1 atom stereocenters. The van der Waals surface area contributed by atoms with Crippen molar-refractivity contribution in [2.75, 3.05) is 23.3 Å². The Kier molecular flexibility index (Phi) is 6.73. The highest BCUT2D eigenvalue weighted by atomic mass is 32.1. The van der Waals surface area contributed by atoms with Crippen LogP contribution in [0.25, 0.3) is 11.7 Å². The molecule has 0 unspecified atom stereocenters. The van der Waals surface area contributed by atoms with Gasteiger partial charge in [-0.15, -0.1) is 11.3 Å². The molecule has 0 aliphatic carbocycles. The SMILES string of the molecule is CC(C)(C)c1csc(NC(=O)c2ccn3c(=O)c(/C=C/C(=O)O)c(N4CCC[C@H](O)C4)nc3c2)n1. The van der Waals surface area contributed by atoms with Crippen LogP contribution < -0.4 is 15.8 Å². The van der Waals surface area contributed by atoms with Gasteiger partial charge in [0.05, 0.1) is 17.4 Å². The molecule has 184 valence electrons. The summed E-state index contributed by atoms with van der Waals surface area (Å²) >= 11 is 1.34. The molecule has 3 N–H and O–H groups in total. The molecule has 1 saturated heterocycles. The number of nitrogens with zero attached hydrogens (tertiary/aromatic N) is 4. The molecule has 1 amide bonds. The molecular formula is C24H27N5O5S. The summed E-state index contributed by atoms with van der Waals surface area (Å²) in [4.78, 5) is 48.1. The smallest absolute Gasteiger partial charge is 0.328 e. The summed E-state index contributed by atoms with van der Waals surface area (Å²) < 4.78 is 1.27. The number of thiazole rings is 1. The van der Waals surface area contributed by atoms with Crippen LogP contribution >= 0.6 is 11.3 Å². The standard InChI is InChI=1S/C24H27N5O5S/c1-24(2,3)17-13-35-23(25-17)27-21(33)14-8-10-29-18(11-14)26-20(28-9-4-5-15(30)12-28)16(22(29)34)6-7-19(31)32/h6-8,10-11,13,15,30H,4-5,9,12H2,1-3H3,(H,31,32)(H,25,27,33)/b7-6+/t15-/m0/s1. The van der Waals surface area contributed by atoms with Crippen LogP contribution in [0.5, 0.6) is 0 Å². The third kappa shape index (κ3) is 5.41. The van der Waals surface area contributed by atoms with E-state index in [-0.39, 0.29) is 34.9 Å². The summed E-state index contributed by atoms with van der Waals surface area (Å²) in [5.74, 6) is -1.30. The third-order valence-corrected chi connectivity index (χ3v) is 6.45. The van der Waals surface area contributed by atoms with Crippen LogP contribution in [0.1, 0.15) is 55.2 Å². The number of aromatic nitrogens is 3. The number of aliphatic hydroxyl groups is 1. The quantitative estimate of drug-likeness (QED) is 0.458. The maximum atomic E-state index is 13.2. The number of hydrogen-bond acceptors (Lipinski definition) is 8. The highest BCUT2D eigenvalue weighted by Crippen LogP contribution is 2.27. The van der Waals surface area contributed by atoms with Crippen LogP contribution in [0, 0.1) is 0 Å². The van der Waals surface area contributed by atoms with E-state index in [2.05, 4.69) is 15.3 Å². The number of pyridine rings is 1. The molecule has 4 heterocycles. The number of carboxylic acid groups (broad SMARTS) is 1. The van der Waals surface area contributed by atoms with Gasteiger partial charge in [0.15, 0.2) is 5.13 Å². The fraction of sp³-hybridized carbons (Fsp3) is 0.375. The lowest BCUT2D eigenvalue weighted by Gasteiger charge is -2.32. The molecule has 1 aliphatic heterocycles. The Bertz CT molecular complexity index is 1370. The van der Waals surface area contributed by atoms with E-state index >= 15 is 0 Å². The lowest BCUT2D eigenvalue weighted by molar-refractivity contribution is -0.131. The molecule has 3 aromatic rings. The molecule has 10 nitrogen and oxygen atoms in total. The summed E-state index contributed by atoms with van der Waals surface area (Å²) in [6, 6.07) is 3.00. The summed E-state index contributed by atoms with van der Waals surface area (Å²) in [7, 11) is 0. The van der Waals surface area contributed by atoms with Crippen molar-refractivity contribution in [2.45, 2.75) is 45.1 Å². The third-order valence-electron chi connectivity index (χ3n) is 5.69. The highest BCUT2D eigenvalue weighted by molar-refractivity contribution is 7.14. The highest BCUT2D eigenvalue weighted by Gasteiger charge is 2.24. The fourth-order valence-corrected chi connectivity index (χ4v) is 4.75. The number of nitrogens with one attached hydrogen (secondary N) is 1. The first-order chi connectivity index (χ1) is 16.5. The second-order valence-corrected chi connectivity index (χ2v) is 10.3. The Morgan fingerprint density at radius 2 is 2.06 bits per heavy atom. The Hall–Kier alpha value is -3.57. The molecule has 0 saturated carbocycles. The molecule has 11 heteroatoms. The van der Waals surface area contributed by atoms with Gasteiger partial charge >= 0.3 is 5.97 Å². The molecule has 3 aromatic heterocycles. The number of piperidine rings is 1. The van der Waals surface area contributed by atoms with E-state index in [0.29, 0.717) is 30.1 Å². The van der Waals surface area contributed by atoms with Crippen molar-refractivity contribution in [3.05, 3.63) is 57.0 Å². The van der Waals surface area contributed by atoms with Gasteiger partial charge in [-0.2, -0.15) is 0 Å². The molecule has 0 radical (unpaired) electrons. The summed E-state index contributed by atoms with van der Waals surface area (Å²) in [5.41, 5.74) is 0.902. The largest absolute Gasteiger partial charge is 0.478 e. The molecule has 0 bridgehead atoms. The Morgan fingerprint density at radius 1 is 1.29 bits per heavy atom. The first-order valence-corrected chi connectivity index (χ1v) is 12.1. The van der Waals surface area contributed by atoms with Gasteiger partial charge in [-0.25, -0.2) is 14.8 Å². The second-order valence-electron chi connectivity index (χ2n) is 9.45. The molecule has 0 aromatic carbocycles. The van der Waals surface area contributed by atoms with Gasteiger partial charge in [0.1, 0.15) is 11.5 Å². The number of fused-ring (bicyclic) bond motifs is 1. The maximum Gasteiger partial charge on any atom is 0.328 e. The van der Waals surface area contributed by atoms with Gasteiger partial charge in [0.25, 0.3) is 11.5 Å². The predicted molar refractivity (Wildman–Crippen MR) is 134 cm³/mol. The van der Waals surface area contributed by atoms with Crippen molar-refractivity contribution in [3.8, 4) is 0 Å². The summed E-state index contributed by atoms with van der Waals surface area (Å²) in [5, 5.41) is 24.4. The maximum absolute atomic E-state index is 13.2. The minimum absolute atomic E-state index is 0.105. The number of carbonyl (C=O) groups is 2. The van der Waals surface area contributed by atoms with E-state index in [1.165, 1.54) is 40.1 Å². The monoisotopic (exact) mass is 497 g/mol. The summed E-state index contributed by atoms with van der Waals surface area (Å²) in [6.07, 6.45) is 4.31. The number of aliphatic carboxylic acids is 1. The number of carbonyl (C=O) groups excluding carboxylic acids is 1. The fourth-order valence-electron chi connectivity index (χ4n) is 3.81. The van der Waals surface area contributed by atoms with Gasteiger partial charge in [-0.05, 0) is 31.1 Å². The lowest BCUT2D eigenvalue weighted by Crippen LogP contribution is -2.40. The number of carboxylic acids is 1. The Balaban J connectivity index is 1.72. The molecule has 1 fully saturated rings. The van der Waals surface area contributed by atoms with E-state index in [4.69, 9.17) is 5.11 Å². The van der Waals surface area contributed by atoms with Crippen molar-refractivity contribution in [2.24, 2.45) is 0 Å². The number of hydrogen-bond donors (Lipinski definition) is 3. The molecule has 1 aliphatic rings. The average Bonchev–Trinajstić information content (AvgIpc) is 3.27. The molecule has 0 spiro atoms. The normalized spacial score (nSPS) is 16.7. The van der Waals surface area contributed by atoms with Crippen LogP contribution in [0.2, 0.25) is 0 Å². The second kappa shape index (κ2) is 9.59. The number of aliphatic hydroxyl groups excluding tert-OH is 1. The zero-order chi connectivity index (χ0) is 25.3. The van der Waals surface area contributed by atoms with Crippen molar-refractivity contribution >= 4 is 45.9 Å². The van der Waals surface area contributed by atoms with E-state index in [0.717, 1.165) is 11.8 Å². The Labute approximate surface area is 205 Å². The van der Waals surface area contributed by atoms with E-state index in [1.807, 2.05) is 26.2 Å². The topological polar surface area (TPSA) is 137 Å². The van der Waals surface area contributed by atoms with E-state index in [1.54, 1.807) is 4.90 Å². The first kappa shape index (κ1) is 24.6. The molecular weight excluding hydrogens is 470 g/mol. The van der Waals surface area contributed by atoms with E-state index in [9.17, 15) is 19.5 Å². The minimum atomic E-state index is -1.19. The van der Waals surface area contributed by atoms with Crippen LogP contribution in [0.4, 0.5) is 10.9 Å². The van der Waals surface area contributed by atoms with Gasteiger partial charge < -0.3 is 15.1 Å². The Morgan fingerprint density at radius 3 is 2.71 bits per heavy atom. The molecule has 35 heavy (non-hydrogen) atoms. The lowest BCUT2D eigenvalue weighted by atomic mass is 9.93. The zero-order valence-electron chi connectivity index (χ0n) is 19.7. The van der Waals surface area contributed by atoms with Crippen molar-refractivity contribution in [3.63, 3.8) is 0 Å². The number of amides is 1. The van der Waals surface area contributed by atoms with Gasteiger partial charge in [-0.1, -0.05) is 20.8 Å². The van der Waals surface area contributed by atoms with Gasteiger partial charge in [0, 0.05) is 41.7 Å².